The van der Waals surface area contributed by atoms with Gasteiger partial charge in [-0.15, -0.1) is 0 Å². The van der Waals surface area contributed by atoms with Crippen molar-refractivity contribution in [1.82, 2.24) is 0 Å². The first-order valence-corrected chi connectivity index (χ1v) is 9.45. The minimum atomic E-state index is -0.0457. The molecule has 3 aromatic carbocycles. The van der Waals surface area contributed by atoms with Crippen LogP contribution in [0.25, 0.3) is 0 Å². The molecule has 0 fully saturated rings. The minimum absolute atomic E-state index is 0.0224. The third-order valence-electron chi connectivity index (χ3n) is 4.16. The third kappa shape index (κ3) is 6.59. The van der Waals surface area contributed by atoms with Gasteiger partial charge in [-0.2, -0.15) is 0 Å². The van der Waals surface area contributed by atoms with Gasteiger partial charge in [0, 0.05) is 11.1 Å². The predicted octanol–water partition coefficient (Wildman–Crippen LogP) is 6.19. The summed E-state index contributed by atoms with van der Waals surface area (Å²) >= 11 is 9.39. The topological polar surface area (TPSA) is 40.5 Å². The molecule has 1 unspecified atom stereocenters. The molecule has 2 N–H and O–H groups in total. The van der Waals surface area contributed by atoms with Crippen molar-refractivity contribution in [3.05, 3.63) is 107 Å². The standard InChI is InChI=1S/C16H16OS.C7H6OS/c1-12(13-7-3-2-4-8-13)11-14-9-5-6-10-15(14)16(17)18;8-7(9)6-4-2-1-3-5-6/h2-10,12H,11H2,1H3,(H,17,18);1-5H,(H,8,9). The van der Waals surface area contributed by atoms with Gasteiger partial charge in [-0.25, -0.2) is 0 Å². The van der Waals surface area contributed by atoms with E-state index in [2.05, 4.69) is 43.4 Å². The molecule has 0 aliphatic heterocycles. The number of hydrogen-bond acceptors (Lipinski definition) is 2. The zero-order valence-electron chi connectivity index (χ0n) is 15.1. The van der Waals surface area contributed by atoms with Crippen molar-refractivity contribution in [1.29, 1.82) is 0 Å². The van der Waals surface area contributed by atoms with Gasteiger partial charge in [0.05, 0.1) is 0 Å². The molecule has 3 aromatic rings. The Morgan fingerprint density at radius 2 is 1.26 bits per heavy atom. The number of hydrogen-bond donors (Lipinski definition) is 2. The van der Waals surface area contributed by atoms with Crippen LogP contribution in [-0.4, -0.2) is 20.3 Å². The van der Waals surface area contributed by atoms with E-state index in [1.165, 1.54) is 5.56 Å². The van der Waals surface area contributed by atoms with Gasteiger partial charge in [0.25, 0.3) is 0 Å². The average molecular weight is 395 g/mol. The first-order chi connectivity index (χ1) is 13.0. The monoisotopic (exact) mass is 394 g/mol. The molecule has 1 atom stereocenters. The molecule has 27 heavy (non-hydrogen) atoms. The van der Waals surface area contributed by atoms with E-state index in [1.54, 1.807) is 12.1 Å². The van der Waals surface area contributed by atoms with Crippen molar-refractivity contribution in [3.63, 3.8) is 0 Å². The predicted molar refractivity (Wildman–Crippen MR) is 120 cm³/mol. The second-order valence-electron chi connectivity index (χ2n) is 6.15. The van der Waals surface area contributed by atoms with E-state index in [9.17, 15) is 5.11 Å². The van der Waals surface area contributed by atoms with Gasteiger partial charge < -0.3 is 10.2 Å². The van der Waals surface area contributed by atoms with Crippen LogP contribution in [0, 0.1) is 0 Å². The molecular formula is C23H22O2S2. The highest BCUT2D eigenvalue weighted by Gasteiger charge is 2.11. The summed E-state index contributed by atoms with van der Waals surface area (Å²) in [4.78, 5) is 0. The molecule has 0 saturated heterocycles. The minimum Gasteiger partial charge on any atom is -0.499 e. The van der Waals surface area contributed by atoms with E-state index in [4.69, 9.17) is 17.3 Å². The van der Waals surface area contributed by atoms with Gasteiger partial charge in [0.2, 0.25) is 0 Å². The number of thiocarbonyl (C=S) groups is 2. The van der Waals surface area contributed by atoms with Crippen LogP contribution in [0.3, 0.4) is 0 Å². The Labute approximate surface area is 171 Å². The van der Waals surface area contributed by atoms with Crippen molar-refractivity contribution in [3.8, 4) is 0 Å². The smallest absolute Gasteiger partial charge is 0.188 e. The lowest BCUT2D eigenvalue weighted by Crippen LogP contribution is -2.05. The van der Waals surface area contributed by atoms with Gasteiger partial charge in [-0.3, -0.25) is 0 Å². The Balaban J connectivity index is 0.000000244. The summed E-state index contributed by atoms with van der Waals surface area (Å²) in [7, 11) is 0. The average Bonchev–Trinajstić information content (AvgIpc) is 2.70. The molecule has 2 nitrogen and oxygen atoms in total. The second kappa shape index (κ2) is 10.6. The highest BCUT2D eigenvalue weighted by molar-refractivity contribution is 7.80. The lowest BCUT2D eigenvalue weighted by molar-refractivity contribution is 0.569. The lowest BCUT2D eigenvalue weighted by atomic mass is 9.91. The van der Waals surface area contributed by atoms with E-state index in [0.717, 1.165) is 17.5 Å². The largest absolute Gasteiger partial charge is 0.499 e. The quantitative estimate of drug-likeness (QED) is 0.507. The zero-order valence-corrected chi connectivity index (χ0v) is 16.7. The van der Waals surface area contributed by atoms with Crippen LogP contribution < -0.4 is 0 Å². The molecule has 0 radical (unpaired) electrons. The number of aliphatic hydroxyl groups is 2. The van der Waals surface area contributed by atoms with E-state index < -0.39 is 0 Å². The van der Waals surface area contributed by atoms with E-state index >= 15 is 0 Å². The SMILES string of the molecule is CC(Cc1ccccc1C(O)=S)c1ccccc1.OC(=S)c1ccccc1. The third-order valence-corrected chi connectivity index (χ3v) is 4.62. The summed E-state index contributed by atoms with van der Waals surface area (Å²) in [5.41, 5.74) is 3.88. The molecule has 138 valence electrons. The Bertz CT molecular complexity index is 877. The van der Waals surface area contributed by atoms with E-state index in [1.807, 2.05) is 48.5 Å². The van der Waals surface area contributed by atoms with E-state index in [0.29, 0.717) is 11.5 Å². The van der Waals surface area contributed by atoms with Gasteiger partial charge in [-0.1, -0.05) is 91.9 Å². The maximum absolute atomic E-state index is 9.52. The molecule has 0 amide bonds. The highest BCUT2D eigenvalue weighted by Crippen LogP contribution is 2.22. The van der Waals surface area contributed by atoms with Crippen LogP contribution in [0.5, 0.6) is 0 Å². The second-order valence-corrected chi connectivity index (χ2v) is 6.92. The Morgan fingerprint density at radius 1 is 0.741 bits per heavy atom. The van der Waals surface area contributed by atoms with Crippen LogP contribution >= 0.6 is 24.4 Å². The fraction of sp³-hybridized carbons (Fsp3) is 0.130. The van der Waals surface area contributed by atoms with E-state index in [-0.39, 0.29) is 10.1 Å². The molecule has 0 saturated carbocycles. The summed E-state index contributed by atoms with van der Waals surface area (Å²) in [6, 6.07) is 27.2. The molecule has 0 aromatic heterocycles. The maximum atomic E-state index is 9.52. The van der Waals surface area contributed by atoms with Crippen LogP contribution in [0.2, 0.25) is 0 Å². The van der Waals surface area contributed by atoms with Crippen molar-refractivity contribution >= 4 is 34.5 Å². The lowest BCUT2D eigenvalue weighted by Gasteiger charge is -2.14. The highest BCUT2D eigenvalue weighted by atomic mass is 32.1. The summed E-state index contributed by atoms with van der Waals surface area (Å²) in [6.45, 7) is 2.19. The van der Waals surface area contributed by atoms with Crippen molar-refractivity contribution in [2.45, 2.75) is 19.3 Å². The van der Waals surface area contributed by atoms with Crippen molar-refractivity contribution < 1.29 is 10.2 Å². The summed E-state index contributed by atoms with van der Waals surface area (Å²) in [5, 5.41) is 18.2. The van der Waals surface area contributed by atoms with Crippen molar-refractivity contribution in [2.24, 2.45) is 0 Å². The van der Waals surface area contributed by atoms with Gasteiger partial charge in [-0.05, 0) is 47.9 Å². The van der Waals surface area contributed by atoms with Crippen molar-refractivity contribution in [2.75, 3.05) is 0 Å². The normalized spacial score (nSPS) is 11.0. The van der Waals surface area contributed by atoms with Gasteiger partial charge >= 0.3 is 0 Å². The number of benzene rings is 3. The molecule has 0 aliphatic rings. The molecule has 0 spiro atoms. The fourth-order valence-electron chi connectivity index (χ4n) is 2.72. The molecule has 3 rings (SSSR count). The van der Waals surface area contributed by atoms with Crippen LogP contribution in [-0.2, 0) is 6.42 Å². The number of rotatable bonds is 5. The molecule has 0 heterocycles. The van der Waals surface area contributed by atoms with Crippen LogP contribution in [0.4, 0.5) is 0 Å². The summed E-state index contributed by atoms with van der Waals surface area (Å²) in [6.07, 6.45) is 0.876. The van der Waals surface area contributed by atoms with Gasteiger partial charge in [0.15, 0.2) is 10.1 Å². The Kier molecular flexibility index (Phi) is 8.11. The molecule has 0 aliphatic carbocycles. The first kappa shape index (κ1) is 20.7. The molecule has 4 heteroatoms. The zero-order chi connectivity index (χ0) is 19.6. The molecular weight excluding hydrogens is 372 g/mol. The first-order valence-electron chi connectivity index (χ1n) is 8.63. The summed E-state index contributed by atoms with van der Waals surface area (Å²) < 4.78 is 0. The van der Waals surface area contributed by atoms with Crippen LogP contribution in [0.1, 0.15) is 35.1 Å². The van der Waals surface area contributed by atoms with Crippen LogP contribution in [0.15, 0.2) is 84.9 Å². The Hall–Kier alpha value is -2.56. The van der Waals surface area contributed by atoms with Gasteiger partial charge in [0.1, 0.15) is 0 Å². The summed E-state index contributed by atoms with van der Waals surface area (Å²) in [5.74, 6) is 0.404. The Morgan fingerprint density at radius 3 is 1.78 bits per heavy atom. The molecule has 0 bridgehead atoms. The fourth-order valence-corrected chi connectivity index (χ4v) is 3.05. The number of aliphatic hydroxyl groups excluding tert-OH is 2. The maximum Gasteiger partial charge on any atom is 0.188 e.